The minimum Gasteiger partial charge on any atom is -0.356 e. The fraction of sp³-hybridized carbons (Fsp3) is 0.667. The van der Waals surface area contributed by atoms with E-state index in [9.17, 15) is 4.79 Å². The zero-order valence-corrected chi connectivity index (χ0v) is 10.3. The molecule has 1 heterocycles. The first-order valence-corrected chi connectivity index (χ1v) is 6.00. The summed E-state index contributed by atoms with van der Waals surface area (Å²) < 4.78 is 4.10. The smallest absolute Gasteiger partial charge is 0.243 e. The van der Waals surface area contributed by atoms with Gasteiger partial charge < -0.3 is 5.32 Å². The van der Waals surface area contributed by atoms with Gasteiger partial charge in [-0.15, -0.1) is 0 Å². The van der Waals surface area contributed by atoms with Crippen LogP contribution in [0.1, 0.15) is 32.6 Å². The molecule has 0 atom stereocenters. The molecule has 0 aromatic carbocycles. The summed E-state index contributed by atoms with van der Waals surface area (Å²) in [5, 5.41) is 2.92. The van der Waals surface area contributed by atoms with Crippen LogP contribution in [0.15, 0.2) is 18.7 Å². The quantitative estimate of drug-likeness (QED) is 0.545. The van der Waals surface area contributed by atoms with Crippen LogP contribution < -0.4 is 9.88 Å². The van der Waals surface area contributed by atoms with E-state index in [1.807, 2.05) is 30.3 Å². The predicted octanol–water partition coefficient (Wildman–Crippen LogP) is 1.01. The molecule has 4 heteroatoms. The lowest BCUT2D eigenvalue weighted by molar-refractivity contribution is -0.671. The third kappa shape index (κ3) is 4.96. The Morgan fingerprint density at radius 2 is 2.25 bits per heavy atom. The van der Waals surface area contributed by atoms with Gasteiger partial charge in [0.25, 0.3) is 0 Å². The van der Waals surface area contributed by atoms with Crippen molar-refractivity contribution in [2.45, 2.75) is 39.2 Å². The van der Waals surface area contributed by atoms with E-state index in [1.165, 1.54) is 0 Å². The molecule has 0 saturated heterocycles. The largest absolute Gasteiger partial charge is 0.356 e. The number of carbonyl (C=O) groups excluding carboxylic acids is 1. The minimum absolute atomic E-state index is 0.171. The summed E-state index contributed by atoms with van der Waals surface area (Å²) >= 11 is 0. The lowest BCUT2D eigenvalue weighted by Gasteiger charge is -2.02. The standard InChI is InChI=1S/C12H21N3O/c1-3-4-7-13-12(16)6-5-8-15-10-9-14(2)11-15/h9-11H,3-8H2,1-2H3/p+1. The highest BCUT2D eigenvalue weighted by atomic mass is 16.1. The number of nitrogens with zero attached hydrogens (tertiary/aromatic N) is 2. The van der Waals surface area contributed by atoms with Gasteiger partial charge in [-0.05, 0) is 12.8 Å². The molecule has 0 aliphatic heterocycles. The van der Waals surface area contributed by atoms with Gasteiger partial charge in [-0.25, -0.2) is 9.13 Å². The highest BCUT2D eigenvalue weighted by Crippen LogP contribution is 1.94. The molecule has 0 radical (unpaired) electrons. The molecule has 90 valence electrons. The Morgan fingerprint density at radius 1 is 1.44 bits per heavy atom. The molecule has 0 bridgehead atoms. The number of imidazole rings is 1. The summed E-state index contributed by atoms with van der Waals surface area (Å²) in [6.07, 6.45) is 9.75. The van der Waals surface area contributed by atoms with Crippen LogP contribution >= 0.6 is 0 Å². The highest BCUT2D eigenvalue weighted by molar-refractivity contribution is 5.75. The SMILES string of the molecule is CCCCNC(=O)CCCn1cc[n+](C)c1. The van der Waals surface area contributed by atoms with Crippen LogP contribution in [0.2, 0.25) is 0 Å². The third-order valence-electron chi connectivity index (χ3n) is 2.50. The molecule has 1 rings (SSSR count). The normalized spacial score (nSPS) is 10.4. The second kappa shape index (κ2) is 7.04. The Bertz CT molecular complexity index is 320. The number of hydrogen-bond donors (Lipinski definition) is 1. The zero-order valence-electron chi connectivity index (χ0n) is 10.3. The van der Waals surface area contributed by atoms with Crippen molar-refractivity contribution in [2.24, 2.45) is 7.05 Å². The van der Waals surface area contributed by atoms with Crippen LogP contribution in [0.5, 0.6) is 0 Å². The van der Waals surface area contributed by atoms with Crippen LogP contribution in [0.4, 0.5) is 0 Å². The van der Waals surface area contributed by atoms with Crippen molar-refractivity contribution in [1.29, 1.82) is 0 Å². The van der Waals surface area contributed by atoms with E-state index in [0.717, 1.165) is 32.4 Å². The second-order valence-electron chi connectivity index (χ2n) is 4.12. The highest BCUT2D eigenvalue weighted by Gasteiger charge is 2.03. The molecule has 0 aliphatic rings. The maximum atomic E-state index is 11.4. The molecule has 0 unspecified atom stereocenters. The third-order valence-corrected chi connectivity index (χ3v) is 2.50. The van der Waals surface area contributed by atoms with Crippen LogP contribution in [0.25, 0.3) is 0 Å². The van der Waals surface area contributed by atoms with Gasteiger partial charge in [0.1, 0.15) is 12.4 Å². The van der Waals surface area contributed by atoms with Crippen LogP contribution in [-0.4, -0.2) is 17.0 Å². The first-order valence-electron chi connectivity index (χ1n) is 6.00. The predicted molar refractivity (Wildman–Crippen MR) is 62.8 cm³/mol. The van der Waals surface area contributed by atoms with Crippen molar-refractivity contribution in [3.8, 4) is 0 Å². The van der Waals surface area contributed by atoms with Gasteiger partial charge in [-0.2, -0.15) is 0 Å². The molecule has 4 nitrogen and oxygen atoms in total. The maximum absolute atomic E-state index is 11.4. The van der Waals surface area contributed by atoms with E-state index < -0.39 is 0 Å². The summed E-state index contributed by atoms with van der Waals surface area (Å²) in [6.45, 7) is 3.84. The van der Waals surface area contributed by atoms with Crippen molar-refractivity contribution >= 4 is 5.91 Å². The van der Waals surface area contributed by atoms with Gasteiger partial charge in [0.15, 0.2) is 0 Å². The summed E-state index contributed by atoms with van der Waals surface area (Å²) in [7, 11) is 1.99. The Hall–Kier alpha value is -1.32. The number of unbranched alkanes of at least 4 members (excludes halogenated alkanes) is 1. The Balaban J connectivity index is 2.08. The van der Waals surface area contributed by atoms with Crippen molar-refractivity contribution in [2.75, 3.05) is 6.54 Å². The van der Waals surface area contributed by atoms with Gasteiger partial charge in [-0.1, -0.05) is 13.3 Å². The number of rotatable bonds is 7. The molecule has 1 aromatic heterocycles. The number of nitrogens with one attached hydrogen (secondary N) is 1. The molecular weight excluding hydrogens is 202 g/mol. The lowest BCUT2D eigenvalue weighted by atomic mass is 10.3. The molecular formula is C12H22N3O+. The van der Waals surface area contributed by atoms with Gasteiger partial charge in [0, 0.05) is 13.0 Å². The van der Waals surface area contributed by atoms with E-state index in [4.69, 9.17) is 0 Å². The molecule has 0 aliphatic carbocycles. The van der Waals surface area contributed by atoms with E-state index >= 15 is 0 Å². The Morgan fingerprint density at radius 3 is 2.88 bits per heavy atom. The van der Waals surface area contributed by atoms with E-state index in [-0.39, 0.29) is 5.91 Å². The van der Waals surface area contributed by atoms with Crippen LogP contribution in [0.3, 0.4) is 0 Å². The summed E-state index contributed by atoms with van der Waals surface area (Å²) in [4.78, 5) is 11.4. The molecule has 0 fully saturated rings. The number of aryl methyl sites for hydroxylation is 2. The van der Waals surface area contributed by atoms with E-state index in [0.29, 0.717) is 6.42 Å². The minimum atomic E-state index is 0.171. The first-order chi connectivity index (χ1) is 7.72. The van der Waals surface area contributed by atoms with Crippen molar-refractivity contribution in [3.63, 3.8) is 0 Å². The number of carbonyl (C=O) groups is 1. The van der Waals surface area contributed by atoms with Gasteiger partial charge >= 0.3 is 0 Å². The summed E-state index contributed by atoms with van der Waals surface area (Å²) in [5.74, 6) is 0.171. The summed E-state index contributed by atoms with van der Waals surface area (Å²) in [5.41, 5.74) is 0. The molecule has 0 saturated carbocycles. The van der Waals surface area contributed by atoms with Gasteiger partial charge in [0.05, 0.1) is 13.6 Å². The van der Waals surface area contributed by atoms with Gasteiger partial charge in [-0.3, -0.25) is 4.79 Å². The topological polar surface area (TPSA) is 37.9 Å². The Kier molecular flexibility index (Phi) is 5.61. The average Bonchev–Trinajstić information content (AvgIpc) is 2.65. The van der Waals surface area contributed by atoms with Crippen molar-refractivity contribution in [3.05, 3.63) is 18.7 Å². The maximum Gasteiger partial charge on any atom is 0.243 e. The zero-order chi connectivity index (χ0) is 11.8. The fourth-order valence-corrected chi connectivity index (χ4v) is 1.55. The fourth-order valence-electron chi connectivity index (χ4n) is 1.55. The molecule has 16 heavy (non-hydrogen) atoms. The number of aromatic nitrogens is 2. The van der Waals surface area contributed by atoms with Crippen LogP contribution in [-0.2, 0) is 18.4 Å². The molecule has 1 amide bonds. The van der Waals surface area contributed by atoms with Crippen molar-refractivity contribution < 1.29 is 9.36 Å². The van der Waals surface area contributed by atoms with Crippen LogP contribution in [0, 0.1) is 0 Å². The molecule has 0 spiro atoms. The first kappa shape index (κ1) is 12.7. The number of amides is 1. The number of hydrogen-bond acceptors (Lipinski definition) is 1. The van der Waals surface area contributed by atoms with Gasteiger partial charge in [0.2, 0.25) is 12.2 Å². The Labute approximate surface area is 97.3 Å². The van der Waals surface area contributed by atoms with Crippen molar-refractivity contribution in [1.82, 2.24) is 9.88 Å². The molecule has 1 N–H and O–H groups in total. The summed E-state index contributed by atoms with van der Waals surface area (Å²) in [6, 6.07) is 0. The lowest BCUT2D eigenvalue weighted by Crippen LogP contribution is -2.25. The average molecular weight is 224 g/mol. The van der Waals surface area contributed by atoms with E-state index in [2.05, 4.69) is 16.8 Å². The monoisotopic (exact) mass is 224 g/mol. The molecule has 1 aromatic rings. The van der Waals surface area contributed by atoms with E-state index in [1.54, 1.807) is 0 Å². The second-order valence-corrected chi connectivity index (χ2v) is 4.12.